The Balaban J connectivity index is 2.49. The summed E-state index contributed by atoms with van der Waals surface area (Å²) in [6, 6.07) is 4.15. The third kappa shape index (κ3) is 1.47. The summed E-state index contributed by atoms with van der Waals surface area (Å²) in [5.74, 6) is 0.885. The number of methoxy groups -OCH3 is 1. The first-order valence-electron chi connectivity index (χ1n) is 4.52. The van der Waals surface area contributed by atoms with E-state index in [1.807, 2.05) is 0 Å². The molecule has 0 amide bonds. The predicted octanol–water partition coefficient (Wildman–Crippen LogP) is 2.36. The van der Waals surface area contributed by atoms with E-state index in [9.17, 15) is 0 Å². The molecule has 2 N–H and O–H groups in total. The summed E-state index contributed by atoms with van der Waals surface area (Å²) in [5.41, 5.74) is 9.43. The van der Waals surface area contributed by atoms with E-state index < -0.39 is 0 Å². The van der Waals surface area contributed by atoms with Gasteiger partial charge in [-0.15, -0.1) is 0 Å². The van der Waals surface area contributed by atoms with Crippen molar-refractivity contribution in [3.63, 3.8) is 0 Å². The quantitative estimate of drug-likeness (QED) is 0.879. The lowest BCUT2D eigenvalue weighted by Crippen LogP contribution is -2.01. The molecule has 0 bridgehead atoms. The maximum Gasteiger partial charge on any atom is 0.133 e. The predicted molar refractivity (Wildman–Crippen MR) is 61.4 cm³/mol. The zero-order valence-electron chi connectivity index (χ0n) is 8.01. The molecule has 0 saturated heterocycles. The highest BCUT2D eigenvalue weighted by Gasteiger charge is 2.15. The van der Waals surface area contributed by atoms with Crippen molar-refractivity contribution >= 4 is 21.5 Å². The van der Waals surface area contributed by atoms with E-state index in [4.69, 9.17) is 10.5 Å². The Morgan fingerprint density at radius 3 is 2.93 bits per heavy atom. The van der Waals surface area contributed by atoms with Crippen molar-refractivity contribution in [2.75, 3.05) is 13.7 Å². The maximum absolute atomic E-state index is 5.65. The van der Waals surface area contributed by atoms with E-state index in [1.54, 1.807) is 7.11 Å². The number of halogens is 1. The Morgan fingerprint density at radius 2 is 2.29 bits per heavy atom. The van der Waals surface area contributed by atoms with Gasteiger partial charge in [0.25, 0.3) is 0 Å². The molecule has 0 radical (unpaired) electrons. The average Bonchev–Trinajstić information content (AvgIpc) is 2.58. The van der Waals surface area contributed by atoms with Crippen LogP contribution in [0.15, 0.2) is 22.7 Å². The minimum Gasteiger partial charge on any atom is -0.496 e. The first-order valence-corrected chi connectivity index (χ1v) is 5.31. The van der Waals surface area contributed by atoms with Crippen LogP contribution in [0.4, 0.5) is 0 Å². The van der Waals surface area contributed by atoms with Crippen LogP contribution in [-0.2, 0) is 6.42 Å². The van der Waals surface area contributed by atoms with Crippen LogP contribution in [0.3, 0.4) is 0 Å². The summed E-state index contributed by atoms with van der Waals surface area (Å²) in [7, 11) is 1.68. The van der Waals surface area contributed by atoms with Crippen LogP contribution in [0, 0.1) is 0 Å². The molecule has 0 heterocycles. The molecule has 1 aliphatic rings. The number of fused-ring (bicyclic) bond motifs is 1. The van der Waals surface area contributed by atoms with Crippen molar-refractivity contribution < 1.29 is 4.74 Å². The molecule has 0 aliphatic heterocycles. The molecule has 74 valence electrons. The number of hydrogen-bond acceptors (Lipinski definition) is 2. The summed E-state index contributed by atoms with van der Waals surface area (Å²) >= 11 is 3.47. The Kier molecular flexibility index (Phi) is 2.61. The topological polar surface area (TPSA) is 35.2 Å². The number of rotatable bonds is 2. The summed E-state index contributed by atoms with van der Waals surface area (Å²) in [6.07, 6.45) is 3.14. The van der Waals surface area contributed by atoms with Gasteiger partial charge in [0.15, 0.2) is 0 Å². The Labute approximate surface area is 91.9 Å². The van der Waals surface area contributed by atoms with Crippen LogP contribution < -0.4 is 10.5 Å². The van der Waals surface area contributed by atoms with Crippen molar-refractivity contribution in [3.8, 4) is 5.75 Å². The fraction of sp³-hybridized carbons (Fsp3) is 0.273. The standard InChI is InChI=1S/C11H12BrNO/c1-14-11-4-7-2-3-8(6-13)9(7)5-10(11)12/h3-5H,2,6,13H2,1H3. The second-order valence-electron chi connectivity index (χ2n) is 3.28. The van der Waals surface area contributed by atoms with E-state index in [0.717, 1.165) is 16.6 Å². The zero-order chi connectivity index (χ0) is 10.1. The van der Waals surface area contributed by atoms with Gasteiger partial charge in [0.05, 0.1) is 11.6 Å². The first kappa shape index (κ1) is 9.74. The van der Waals surface area contributed by atoms with E-state index in [2.05, 4.69) is 34.1 Å². The van der Waals surface area contributed by atoms with E-state index in [0.29, 0.717) is 6.54 Å². The van der Waals surface area contributed by atoms with Crippen LogP contribution in [-0.4, -0.2) is 13.7 Å². The molecule has 2 rings (SSSR count). The molecule has 0 spiro atoms. The lowest BCUT2D eigenvalue weighted by molar-refractivity contribution is 0.411. The SMILES string of the molecule is COc1cc2c(cc1Br)C(CN)=CC2. The van der Waals surface area contributed by atoms with Gasteiger partial charge in [0.1, 0.15) is 5.75 Å². The summed E-state index contributed by atoms with van der Waals surface area (Å²) in [4.78, 5) is 0. The second kappa shape index (κ2) is 3.75. The molecule has 1 aromatic carbocycles. The second-order valence-corrected chi connectivity index (χ2v) is 4.14. The van der Waals surface area contributed by atoms with Crippen LogP contribution in [0.5, 0.6) is 5.75 Å². The molecule has 1 aromatic rings. The van der Waals surface area contributed by atoms with Gasteiger partial charge < -0.3 is 10.5 Å². The first-order chi connectivity index (χ1) is 6.76. The summed E-state index contributed by atoms with van der Waals surface area (Å²) < 4.78 is 6.22. The van der Waals surface area contributed by atoms with Crippen LogP contribution in [0.2, 0.25) is 0 Å². The van der Waals surface area contributed by atoms with Crippen molar-refractivity contribution in [2.24, 2.45) is 5.73 Å². The van der Waals surface area contributed by atoms with Gasteiger partial charge in [-0.2, -0.15) is 0 Å². The monoisotopic (exact) mass is 253 g/mol. The van der Waals surface area contributed by atoms with Crippen molar-refractivity contribution in [3.05, 3.63) is 33.8 Å². The molecular formula is C11H12BrNO. The molecule has 1 aliphatic carbocycles. The van der Waals surface area contributed by atoms with Gasteiger partial charge in [-0.1, -0.05) is 6.08 Å². The normalized spacial score (nSPS) is 13.8. The highest BCUT2D eigenvalue weighted by atomic mass is 79.9. The Morgan fingerprint density at radius 1 is 1.50 bits per heavy atom. The summed E-state index contributed by atoms with van der Waals surface area (Å²) in [5, 5.41) is 0. The lowest BCUT2D eigenvalue weighted by atomic mass is 10.1. The van der Waals surface area contributed by atoms with Gasteiger partial charge in [0.2, 0.25) is 0 Å². The van der Waals surface area contributed by atoms with Crippen molar-refractivity contribution in [1.29, 1.82) is 0 Å². The molecule has 0 unspecified atom stereocenters. The molecule has 2 nitrogen and oxygen atoms in total. The van der Waals surface area contributed by atoms with Crippen LogP contribution in [0.1, 0.15) is 11.1 Å². The van der Waals surface area contributed by atoms with Gasteiger partial charge in [-0.3, -0.25) is 0 Å². The number of ether oxygens (including phenoxy) is 1. The fourth-order valence-corrected chi connectivity index (χ4v) is 2.26. The fourth-order valence-electron chi connectivity index (χ4n) is 1.76. The van der Waals surface area contributed by atoms with Crippen molar-refractivity contribution in [1.82, 2.24) is 0 Å². The zero-order valence-corrected chi connectivity index (χ0v) is 9.60. The molecule has 0 atom stereocenters. The minimum absolute atomic E-state index is 0.603. The Bertz CT molecular complexity index is 399. The molecule has 0 saturated carbocycles. The number of hydrogen-bond donors (Lipinski definition) is 1. The molecular weight excluding hydrogens is 242 g/mol. The average molecular weight is 254 g/mol. The Hall–Kier alpha value is -0.800. The number of nitrogens with two attached hydrogens (primary N) is 1. The van der Waals surface area contributed by atoms with Crippen molar-refractivity contribution in [2.45, 2.75) is 6.42 Å². The summed E-state index contributed by atoms with van der Waals surface area (Å²) in [6.45, 7) is 0.603. The largest absolute Gasteiger partial charge is 0.496 e. The van der Waals surface area contributed by atoms with E-state index >= 15 is 0 Å². The van der Waals surface area contributed by atoms with Gasteiger partial charge in [-0.25, -0.2) is 0 Å². The van der Waals surface area contributed by atoms with Gasteiger partial charge >= 0.3 is 0 Å². The number of benzene rings is 1. The highest BCUT2D eigenvalue weighted by molar-refractivity contribution is 9.10. The molecule has 0 aromatic heterocycles. The molecule has 14 heavy (non-hydrogen) atoms. The van der Waals surface area contributed by atoms with Gasteiger partial charge in [-0.05, 0) is 51.2 Å². The third-order valence-electron chi connectivity index (χ3n) is 2.51. The maximum atomic E-state index is 5.65. The van der Waals surface area contributed by atoms with Crippen LogP contribution >= 0.6 is 15.9 Å². The third-order valence-corrected chi connectivity index (χ3v) is 3.13. The minimum atomic E-state index is 0.603. The molecule has 3 heteroatoms. The molecule has 0 fully saturated rings. The smallest absolute Gasteiger partial charge is 0.133 e. The van der Waals surface area contributed by atoms with Crippen LogP contribution in [0.25, 0.3) is 5.57 Å². The van der Waals surface area contributed by atoms with E-state index in [1.165, 1.54) is 16.7 Å². The van der Waals surface area contributed by atoms with Gasteiger partial charge in [0, 0.05) is 6.54 Å². The highest BCUT2D eigenvalue weighted by Crippen LogP contribution is 2.35. The van der Waals surface area contributed by atoms with E-state index in [-0.39, 0.29) is 0 Å². The number of allylic oxidation sites excluding steroid dienone is 1. The lowest BCUT2D eigenvalue weighted by Gasteiger charge is -2.08.